The van der Waals surface area contributed by atoms with Gasteiger partial charge in [0.2, 0.25) is 0 Å². The summed E-state index contributed by atoms with van der Waals surface area (Å²) >= 11 is 0. The van der Waals surface area contributed by atoms with Gasteiger partial charge in [-0.15, -0.1) is 0 Å². The molecule has 0 fully saturated rings. The SMILES string of the molecule is CCCCCCCCCCCCCC(=O)[O-].CCCCCCCCCCCCCC(=O)[O-].CCCCCCCCCCCCCC(=O)[O-].CCCCCCCCCCCCCC(=O)[O-].[Ir]. The number of hydrogen-bond donors (Lipinski definition) is 0. The van der Waals surface area contributed by atoms with Crippen molar-refractivity contribution < 1.29 is 59.7 Å². The Bertz CT molecular complexity index is 771. The standard InChI is InChI=1S/4C14H28O2.Ir/c4*1-2-3-4-5-6-7-8-9-10-11-12-13-14(15)16;/h4*2-13H2,1H3,(H,15,16);/p-4. The molecule has 0 aliphatic heterocycles. The van der Waals surface area contributed by atoms with Crippen molar-refractivity contribution in [2.75, 3.05) is 0 Å². The van der Waals surface area contributed by atoms with Gasteiger partial charge in [0.1, 0.15) is 0 Å². The van der Waals surface area contributed by atoms with E-state index in [9.17, 15) is 39.6 Å². The van der Waals surface area contributed by atoms with Crippen LogP contribution >= 0.6 is 0 Å². The van der Waals surface area contributed by atoms with E-state index in [1.165, 1.54) is 231 Å². The van der Waals surface area contributed by atoms with Crippen molar-refractivity contribution in [1.29, 1.82) is 0 Å². The van der Waals surface area contributed by atoms with Gasteiger partial charge in [-0.05, 0) is 51.4 Å². The van der Waals surface area contributed by atoms with E-state index in [-0.39, 0.29) is 45.8 Å². The van der Waals surface area contributed by atoms with Gasteiger partial charge in [-0.3, -0.25) is 0 Å². The van der Waals surface area contributed by atoms with E-state index >= 15 is 0 Å². The number of aliphatic carboxylic acids is 4. The van der Waals surface area contributed by atoms with Gasteiger partial charge >= 0.3 is 0 Å². The van der Waals surface area contributed by atoms with Crippen LogP contribution in [0.5, 0.6) is 0 Å². The molecule has 0 atom stereocenters. The van der Waals surface area contributed by atoms with Crippen LogP contribution in [0.2, 0.25) is 0 Å². The Kier molecular flexibility index (Phi) is 77.1. The molecular formula is C56H108IrO8-4. The number of carbonyl (C=O) groups excluding carboxylic acids is 4. The van der Waals surface area contributed by atoms with E-state index in [4.69, 9.17) is 0 Å². The first-order valence-corrected chi connectivity index (χ1v) is 27.9. The molecule has 393 valence electrons. The van der Waals surface area contributed by atoms with Crippen LogP contribution in [0.15, 0.2) is 0 Å². The average Bonchev–Trinajstić information content (AvgIpc) is 3.26. The third-order valence-electron chi connectivity index (χ3n) is 11.9. The predicted octanol–water partition coefficient (Wildman–Crippen LogP) is 13.7. The molecule has 0 aliphatic rings. The maximum absolute atomic E-state index is 10.1. The number of hydrogen-bond acceptors (Lipinski definition) is 8. The molecule has 0 heterocycles. The van der Waals surface area contributed by atoms with Crippen LogP contribution in [0.4, 0.5) is 0 Å². The minimum atomic E-state index is -0.907. The zero-order valence-corrected chi connectivity index (χ0v) is 45.9. The smallest absolute Gasteiger partial charge is 0.0414 e. The minimum Gasteiger partial charge on any atom is -0.550 e. The normalized spacial score (nSPS) is 10.4. The monoisotopic (exact) mass is 1100 g/mol. The van der Waals surface area contributed by atoms with Crippen LogP contribution in [-0.4, -0.2) is 23.9 Å². The van der Waals surface area contributed by atoms with E-state index in [1.807, 2.05) is 0 Å². The summed E-state index contributed by atoms with van der Waals surface area (Å²) in [4.78, 5) is 40.6. The molecule has 0 saturated carbocycles. The van der Waals surface area contributed by atoms with Crippen LogP contribution < -0.4 is 20.4 Å². The van der Waals surface area contributed by atoms with E-state index in [1.54, 1.807) is 0 Å². The predicted molar refractivity (Wildman–Crippen MR) is 264 cm³/mol. The van der Waals surface area contributed by atoms with Gasteiger partial charge in [-0.2, -0.15) is 0 Å². The Morgan fingerprint density at radius 1 is 0.200 bits per heavy atom. The second-order valence-corrected chi connectivity index (χ2v) is 18.6. The summed E-state index contributed by atoms with van der Waals surface area (Å²) in [5.41, 5.74) is 0. The van der Waals surface area contributed by atoms with Gasteiger partial charge in [0, 0.05) is 44.0 Å². The van der Waals surface area contributed by atoms with Gasteiger partial charge in [0.25, 0.3) is 0 Å². The molecule has 0 bridgehead atoms. The summed E-state index contributed by atoms with van der Waals surface area (Å²) in [7, 11) is 0. The van der Waals surface area contributed by atoms with Crippen molar-refractivity contribution in [3.05, 3.63) is 0 Å². The Morgan fingerprint density at radius 2 is 0.292 bits per heavy atom. The van der Waals surface area contributed by atoms with Crippen LogP contribution in [0, 0.1) is 0 Å². The van der Waals surface area contributed by atoms with Crippen molar-refractivity contribution >= 4 is 23.9 Å². The minimum absolute atomic E-state index is 0. The fraction of sp³-hybridized carbons (Fsp3) is 0.929. The maximum Gasteiger partial charge on any atom is 0.0414 e. The Labute approximate surface area is 417 Å². The van der Waals surface area contributed by atoms with Gasteiger partial charge in [0.15, 0.2) is 0 Å². The van der Waals surface area contributed by atoms with Gasteiger partial charge in [-0.1, -0.05) is 285 Å². The largest absolute Gasteiger partial charge is 0.550 e. The number of carbonyl (C=O) groups is 4. The summed E-state index contributed by atoms with van der Waals surface area (Å²) in [6.07, 6.45) is 56.1. The third kappa shape index (κ3) is 89.7. The molecule has 0 aromatic carbocycles. The molecule has 8 nitrogen and oxygen atoms in total. The molecule has 0 rings (SSSR count). The summed E-state index contributed by atoms with van der Waals surface area (Å²) in [6, 6.07) is 0. The topological polar surface area (TPSA) is 161 Å². The summed E-state index contributed by atoms with van der Waals surface area (Å²) in [6.45, 7) is 8.97. The first-order chi connectivity index (χ1) is 31.1. The molecule has 0 spiro atoms. The number of rotatable bonds is 48. The number of carboxylic acid groups (broad SMARTS) is 4. The van der Waals surface area contributed by atoms with Gasteiger partial charge in [-0.25, -0.2) is 0 Å². The number of carboxylic acids is 4. The molecule has 0 saturated heterocycles. The van der Waals surface area contributed by atoms with Crippen LogP contribution in [0.25, 0.3) is 0 Å². The maximum atomic E-state index is 10.1. The van der Waals surface area contributed by atoms with Crippen LogP contribution in [-0.2, 0) is 39.3 Å². The second kappa shape index (κ2) is 69.1. The van der Waals surface area contributed by atoms with E-state index in [2.05, 4.69) is 27.7 Å². The summed E-state index contributed by atoms with van der Waals surface area (Å²) in [5.74, 6) is -3.63. The van der Waals surface area contributed by atoms with E-state index in [0.717, 1.165) is 51.4 Å². The number of unbranched alkanes of at least 4 members (excludes halogenated alkanes) is 40. The van der Waals surface area contributed by atoms with Crippen LogP contribution in [0.3, 0.4) is 0 Å². The molecule has 9 heteroatoms. The Morgan fingerprint density at radius 3 is 0.385 bits per heavy atom. The van der Waals surface area contributed by atoms with Crippen molar-refractivity contribution in [3.8, 4) is 0 Å². The Hall–Kier alpha value is -1.47. The molecule has 0 N–H and O–H groups in total. The summed E-state index contributed by atoms with van der Waals surface area (Å²) in [5, 5.41) is 40.6. The second-order valence-electron chi connectivity index (χ2n) is 18.6. The fourth-order valence-corrected chi connectivity index (χ4v) is 7.73. The fourth-order valence-electron chi connectivity index (χ4n) is 7.73. The van der Waals surface area contributed by atoms with Crippen molar-refractivity contribution in [2.24, 2.45) is 0 Å². The summed E-state index contributed by atoms with van der Waals surface area (Å²) < 4.78 is 0. The average molecular weight is 1100 g/mol. The van der Waals surface area contributed by atoms with Crippen molar-refractivity contribution in [1.82, 2.24) is 0 Å². The Balaban J connectivity index is -0.000000245. The molecule has 0 unspecified atom stereocenters. The first-order valence-electron chi connectivity index (χ1n) is 27.9. The zero-order chi connectivity index (χ0) is 48.3. The molecule has 0 amide bonds. The quantitative estimate of drug-likeness (QED) is 0.0544. The van der Waals surface area contributed by atoms with Gasteiger partial charge < -0.3 is 39.6 Å². The zero-order valence-electron chi connectivity index (χ0n) is 43.5. The molecule has 1 radical (unpaired) electrons. The first kappa shape index (κ1) is 72.5. The third-order valence-corrected chi connectivity index (χ3v) is 11.9. The van der Waals surface area contributed by atoms with Crippen molar-refractivity contribution in [2.45, 2.75) is 336 Å². The van der Waals surface area contributed by atoms with Gasteiger partial charge in [0.05, 0.1) is 0 Å². The molecule has 0 aromatic heterocycles. The molecule has 0 aromatic rings. The van der Waals surface area contributed by atoms with Crippen LogP contribution in [0.1, 0.15) is 336 Å². The molecule has 65 heavy (non-hydrogen) atoms. The van der Waals surface area contributed by atoms with E-state index in [0.29, 0.717) is 0 Å². The molecule has 0 aliphatic carbocycles. The van der Waals surface area contributed by atoms with Crippen molar-refractivity contribution in [3.63, 3.8) is 0 Å². The van der Waals surface area contributed by atoms with E-state index < -0.39 is 23.9 Å². The molecular weight excluding hydrogens is 993 g/mol.